The Bertz CT molecular complexity index is 1670. The predicted octanol–water partition coefficient (Wildman–Crippen LogP) is 7.09. The Morgan fingerprint density at radius 1 is 1.05 bits per heavy atom. The number of benzene rings is 3. The summed E-state index contributed by atoms with van der Waals surface area (Å²) in [6.07, 6.45) is 7.53. The van der Waals surface area contributed by atoms with Gasteiger partial charge in [0.1, 0.15) is 24.3 Å². The maximum Gasteiger partial charge on any atom is 0.195 e. The largest absolute Gasteiger partial charge is 0.496 e. The van der Waals surface area contributed by atoms with Gasteiger partial charge >= 0.3 is 0 Å². The van der Waals surface area contributed by atoms with Crippen LogP contribution in [-0.4, -0.2) is 60.0 Å². The molecule has 6 rings (SSSR count). The lowest BCUT2D eigenvalue weighted by Crippen LogP contribution is -2.36. The quantitative estimate of drug-likeness (QED) is 0.149. The molecular weight excluding hydrogens is 540 g/mol. The maximum absolute atomic E-state index is 14.2. The van der Waals surface area contributed by atoms with Crippen molar-refractivity contribution >= 4 is 39.2 Å². The fourth-order valence-corrected chi connectivity index (χ4v) is 7.77. The van der Waals surface area contributed by atoms with E-state index in [1.54, 1.807) is 25.4 Å². The number of carbonyl (C=O) groups is 2. The van der Waals surface area contributed by atoms with E-state index in [-0.39, 0.29) is 17.6 Å². The van der Waals surface area contributed by atoms with Gasteiger partial charge in [-0.3, -0.25) is 14.5 Å². The monoisotopic (exact) mass is 579 g/mol. The topological polar surface area (TPSA) is 49.6 Å². The number of ketones is 2. The van der Waals surface area contributed by atoms with Crippen molar-refractivity contribution in [3.05, 3.63) is 88.5 Å². The van der Waals surface area contributed by atoms with Gasteiger partial charge in [-0.05, 0) is 74.5 Å². The number of nitrogens with zero attached hydrogens (tertiary/aromatic N) is 2. The number of fused-ring (bicyclic) bond motifs is 1. The highest BCUT2D eigenvalue weighted by Crippen LogP contribution is 2.41. The van der Waals surface area contributed by atoms with Crippen molar-refractivity contribution < 1.29 is 18.9 Å². The number of thiophene rings is 1. The third-order valence-corrected chi connectivity index (χ3v) is 9.97. The van der Waals surface area contributed by atoms with Gasteiger partial charge in [-0.15, -0.1) is 11.3 Å². The third-order valence-electron chi connectivity index (χ3n) is 8.77. The van der Waals surface area contributed by atoms with E-state index in [1.807, 2.05) is 18.2 Å². The molecule has 0 bridgehead atoms. The molecule has 42 heavy (non-hydrogen) atoms. The Morgan fingerprint density at radius 2 is 1.88 bits per heavy atom. The molecule has 0 unspecified atom stereocenters. The average Bonchev–Trinajstić information content (AvgIpc) is 3.76. The van der Waals surface area contributed by atoms with Crippen molar-refractivity contribution in [3.63, 3.8) is 0 Å². The summed E-state index contributed by atoms with van der Waals surface area (Å²) in [5, 5.41) is 0.994. The van der Waals surface area contributed by atoms with Crippen molar-refractivity contribution in [1.82, 2.24) is 4.90 Å². The number of Topliss-reactive ketones (excluding diaryl/α,β-unsaturated/α-hetero) is 1. The number of methoxy groups -OCH3 is 1. The van der Waals surface area contributed by atoms with E-state index in [0.717, 1.165) is 89.3 Å². The van der Waals surface area contributed by atoms with Crippen molar-refractivity contribution in [2.45, 2.75) is 58.5 Å². The number of carbonyl (C=O) groups excluding carboxylic acids is 2. The Labute approximate surface area is 252 Å². The molecule has 216 valence electrons. The van der Waals surface area contributed by atoms with Crippen LogP contribution in [-0.2, 0) is 17.8 Å². The Kier molecular flexibility index (Phi) is 8.36. The van der Waals surface area contributed by atoms with Crippen LogP contribution in [0.25, 0.3) is 20.5 Å². The van der Waals surface area contributed by atoms with E-state index in [1.165, 1.54) is 17.5 Å². The van der Waals surface area contributed by atoms with Crippen molar-refractivity contribution in [2.24, 2.45) is 0 Å². The van der Waals surface area contributed by atoms with Gasteiger partial charge in [-0.25, -0.2) is 4.58 Å². The first-order valence-electron chi connectivity index (χ1n) is 15.1. The minimum atomic E-state index is 0.0195. The summed E-state index contributed by atoms with van der Waals surface area (Å²) in [5.74, 6) is 1.05. The molecule has 5 nitrogen and oxygen atoms in total. The fourth-order valence-electron chi connectivity index (χ4n) is 6.46. The van der Waals surface area contributed by atoms with E-state index < -0.39 is 0 Å². The van der Waals surface area contributed by atoms with Crippen LogP contribution in [0.1, 0.15) is 65.2 Å². The van der Waals surface area contributed by atoms with Crippen LogP contribution in [0.5, 0.6) is 5.75 Å². The van der Waals surface area contributed by atoms with E-state index in [4.69, 9.17) is 4.74 Å². The molecule has 4 aromatic rings. The lowest BCUT2D eigenvalue weighted by molar-refractivity contribution is -0.532. The van der Waals surface area contributed by atoms with Gasteiger partial charge in [-0.1, -0.05) is 42.5 Å². The smallest absolute Gasteiger partial charge is 0.195 e. The Morgan fingerprint density at radius 3 is 2.62 bits per heavy atom. The van der Waals surface area contributed by atoms with E-state index >= 15 is 0 Å². The highest BCUT2D eigenvalue weighted by Gasteiger charge is 2.28. The molecule has 3 aromatic carbocycles. The molecule has 1 fully saturated rings. The number of likely N-dealkylation sites (tertiary alicyclic amines) is 1. The van der Waals surface area contributed by atoms with Gasteiger partial charge in [0, 0.05) is 45.5 Å². The number of hydrogen-bond donors (Lipinski definition) is 0. The van der Waals surface area contributed by atoms with E-state index in [0.29, 0.717) is 5.56 Å². The van der Waals surface area contributed by atoms with Gasteiger partial charge in [0.25, 0.3) is 0 Å². The molecule has 0 radical (unpaired) electrons. The molecule has 0 amide bonds. The molecule has 0 saturated carbocycles. The van der Waals surface area contributed by atoms with Crippen LogP contribution >= 0.6 is 11.3 Å². The first-order valence-corrected chi connectivity index (χ1v) is 15.9. The summed E-state index contributed by atoms with van der Waals surface area (Å²) < 4.78 is 9.20. The molecule has 0 N–H and O–H groups in total. The molecule has 3 heterocycles. The van der Waals surface area contributed by atoms with Crippen molar-refractivity contribution in [1.29, 1.82) is 0 Å². The molecule has 0 aliphatic carbocycles. The van der Waals surface area contributed by atoms with Crippen molar-refractivity contribution in [3.8, 4) is 16.2 Å². The second-order valence-electron chi connectivity index (χ2n) is 11.7. The normalized spacial score (nSPS) is 17.1. The summed E-state index contributed by atoms with van der Waals surface area (Å²) in [7, 11) is 1.68. The number of aryl methyl sites for hydroxylation is 1. The minimum absolute atomic E-state index is 0.0195. The summed E-state index contributed by atoms with van der Waals surface area (Å²) in [4.78, 5) is 29.5. The van der Waals surface area contributed by atoms with Gasteiger partial charge < -0.3 is 4.74 Å². The lowest BCUT2D eigenvalue weighted by Gasteiger charge is -2.22. The van der Waals surface area contributed by atoms with Gasteiger partial charge in [0.15, 0.2) is 12.3 Å². The van der Waals surface area contributed by atoms with Gasteiger partial charge in [0.2, 0.25) is 0 Å². The zero-order valence-corrected chi connectivity index (χ0v) is 25.6. The summed E-state index contributed by atoms with van der Waals surface area (Å²) in [5.41, 5.74) is 5.97. The Balaban J connectivity index is 1.30. The summed E-state index contributed by atoms with van der Waals surface area (Å²) >= 11 is 1.68. The maximum atomic E-state index is 14.2. The lowest BCUT2D eigenvalue weighted by atomic mass is 9.95. The first-order chi connectivity index (χ1) is 20.4. The SMILES string of the molecule is COc1cc(C(=O)c2c(-c3ccc(CCN4CCC[C@H]4C(C)=O)cc3)sc3cc(C)ccc23)ccc1C[N+]1=CCCC1. The Hall–Kier alpha value is -3.61. The molecule has 1 saturated heterocycles. The van der Waals surface area contributed by atoms with Crippen molar-refractivity contribution in [2.75, 3.05) is 26.7 Å². The number of ether oxygens (including phenoxy) is 1. The van der Waals surface area contributed by atoms with E-state index in [9.17, 15) is 9.59 Å². The van der Waals surface area contributed by atoms with Crippen LogP contribution in [0.2, 0.25) is 0 Å². The van der Waals surface area contributed by atoms with E-state index in [2.05, 4.69) is 65.1 Å². The molecular formula is C36H39N2O3S+. The zero-order valence-electron chi connectivity index (χ0n) is 24.8. The zero-order chi connectivity index (χ0) is 29.2. The fraction of sp³-hybridized carbons (Fsp3) is 0.361. The van der Waals surface area contributed by atoms with Crippen LogP contribution < -0.4 is 4.74 Å². The highest BCUT2D eigenvalue weighted by molar-refractivity contribution is 7.22. The van der Waals surface area contributed by atoms with Gasteiger partial charge in [-0.2, -0.15) is 0 Å². The minimum Gasteiger partial charge on any atom is -0.496 e. The molecule has 2 aliphatic rings. The predicted molar refractivity (Wildman–Crippen MR) is 172 cm³/mol. The van der Waals surface area contributed by atoms with Gasteiger partial charge in [0.05, 0.1) is 18.7 Å². The second kappa shape index (κ2) is 12.3. The molecule has 2 aliphatic heterocycles. The standard InChI is InChI=1S/C36H39N2O3S/c1-24-8-15-30-33(21-24)42-36(27-11-9-26(10-12-27)16-20-38-19-6-7-31(38)25(2)39)34(30)35(40)28-13-14-29(32(22-28)41-3)23-37-17-4-5-18-37/h8-15,17,21-22,31H,4-7,16,18-20,23H2,1-3H3/q+1/t31-/m0/s1. The van der Waals surface area contributed by atoms with Crippen LogP contribution in [0.4, 0.5) is 0 Å². The van der Waals surface area contributed by atoms with Crippen LogP contribution in [0, 0.1) is 6.92 Å². The second-order valence-corrected chi connectivity index (χ2v) is 12.8. The average molecular weight is 580 g/mol. The highest BCUT2D eigenvalue weighted by atomic mass is 32.1. The number of rotatable bonds is 10. The molecule has 0 spiro atoms. The molecule has 1 atom stereocenters. The number of hydrogen-bond acceptors (Lipinski definition) is 5. The third kappa shape index (κ3) is 5.83. The summed E-state index contributed by atoms with van der Waals surface area (Å²) in [6.45, 7) is 7.54. The molecule has 6 heteroatoms. The van der Waals surface area contributed by atoms with Crippen LogP contribution in [0.3, 0.4) is 0 Å². The summed E-state index contributed by atoms with van der Waals surface area (Å²) in [6, 6.07) is 21.0. The molecule has 1 aromatic heterocycles. The van der Waals surface area contributed by atoms with Crippen LogP contribution in [0.15, 0.2) is 60.7 Å². The first kappa shape index (κ1) is 28.5.